The van der Waals surface area contributed by atoms with E-state index in [0.717, 1.165) is 85.4 Å². The van der Waals surface area contributed by atoms with Crippen molar-refractivity contribution in [2.24, 2.45) is 5.92 Å². The molecule has 9 nitrogen and oxygen atoms in total. The van der Waals surface area contributed by atoms with Crippen LogP contribution in [-0.4, -0.2) is 54.1 Å². The monoisotopic (exact) mass is 629 g/mol. The Balaban J connectivity index is 1.15. The van der Waals surface area contributed by atoms with Gasteiger partial charge in [-0.25, -0.2) is 4.98 Å². The molecule has 5 aromatic rings. The van der Waals surface area contributed by atoms with Gasteiger partial charge in [-0.05, 0) is 72.4 Å². The molecule has 3 heterocycles. The number of piperidine rings is 1. The van der Waals surface area contributed by atoms with Gasteiger partial charge in [0.1, 0.15) is 5.82 Å². The average molecular weight is 630 g/mol. The number of rotatable bonds is 12. The first-order valence-corrected chi connectivity index (χ1v) is 16.8. The minimum Gasteiger partial charge on any atom is -0.343 e. The van der Waals surface area contributed by atoms with Crippen molar-refractivity contribution in [3.8, 4) is 22.5 Å². The molecule has 0 bridgehead atoms. The molecule has 1 aliphatic rings. The van der Waals surface area contributed by atoms with Crippen molar-refractivity contribution in [2.75, 3.05) is 13.1 Å². The fourth-order valence-electron chi connectivity index (χ4n) is 6.63. The van der Waals surface area contributed by atoms with Gasteiger partial charge in [0.15, 0.2) is 0 Å². The van der Waals surface area contributed by atoms with Crippen LogP contribution in [0.4, 0.5) is 0 Å². The van der Waals surface area contributed by atoms with Crippen LogP contribution in [0, 0.1) is 12.8 Å². The van der Waals surface area contributed by atoms with Crippen LogP contribution in [0.25, 0.3) is 22.5 Å². The van der Waals surface area contributed by atoms with Gasteiger partial charge in [0, 0.05) is 42.8 Å². The standard InChI is InChI=1S/C38H43N7O2/c1-3-4-14-35-39-27(2)32(19-20-36(46)44-23-21-29(22-24-44)25-28-10-6-5-7-11-28)38(47)45(35)26-30-15-17-31(18-16-30)33-12-8-9-13-34(33)37-40-42-43-41-37/h5-13,15-18,29H,3-4,14,19-26H2,1-2H3,(H,40,41,42,43). The zero-order valence-corrected chi connectivity index (χ0v) is 27.4. The maximum atomic E-state index is 14.0. The van der Waals surface area contributed by atoms with Crippen LogP contribution in [0.3, 0.4) is 0 Å². The first-order valence-electron chi connectivity index (χ1n) is 16.8. The van der Waals surface area contributed by atoms with Gasteiger partial charge in [-0.1, -0.05) is 92.2 Å². The molecule has 47 heavy (non-hydrogen) atoms. The highest BCUT2D eigenvalue weighted by atomic mass is 16.2. The summed E-state index contributed by atoms with van der Waals surface area (Å²) in [5.41, 5.74) is 6.64. The number of aromatic amines is 1. The number of nitrogens with one attached hydrogen (secondary N) is 1. The van der Waals surface area contributed by atoms with E-state index in [9.17, 15) is 9.59 Å². The molecule has 1 aliphatic heterocycles. The zero-order valence-electron chi connectivity index (χ0n) is 27.4. The van der Waals surface area contributed by atoms with E-state index in [1.807, 2.05) is 46.7 Å². The summed E-state index contributed by atoms with van der Waals surface area (Å²) in [5.74, 6) is 2.07. The summed E-state index contributed by atoms with van der Waals surface area (Å²) in [6.45, 7) is 6.04. The van der Waals surface area contributed by atoms with Gasteiger partial charge in [0.25, 0.3) is 5.56 Å². The molecule has 6 rings (SSSR count). The van der Waals surface area contributed by atoms with Crippen LogP contribution in [0.15, 0.2) is 83.7 Å². The summed E-state index contributed by atoms with van der Waals surface area (Å²) >= 11 is 0. The van der Waals surface area contributed by atoms with Crippen LogP contribution in [0.5, 0.6) is 0 Å². The lowest BCUT2D eigenvalue weighted by molar-refractivity contribution is -0.132. The SMILES string of the molecule is CCCCc1nc(C)c(CCC(=O)N2CCC(Cc3ccccc3)CC2)c(=O)n1Cc1ccc(-c2ccccc2-c2nn[nH]n2)cc1. The molecule has 9 heteroatoms. The minimum absolute atomic E-state index is 0.0375. The van der Waals surface area contributed by atoms with E-state index in [2.05, 4.69) is 76.1 Å². The number of amides is 1. The van der Waals surface area contributed by atoms with Crippen molar-refractivity contribution in [1.82, 2.24) is 35.1 Å². The lowest BCUT2D eigenvalue weighted by Gasteiger charge is -2.32. The molecule has 1 N–H and O–H groups in total. The zero-order chi connectivity index (χ0) is 32.6. The third-order valence-electron chi connectivity index (χ3n) is 9.34. The molecule has 0 aliphatic carbocycles. The first kappa shape index (κ1) is 32.0. The number of unbranched alkanes of at least 4 members (excludes halogenated alkanes) is 1. The van der Waals surface area contributed by atoms with E-state index >= 15 is 0 Å². The highest BCUT2D eigenvalue weighted by molar-refractivity contribution is 5.80. The molecule has 0 unspecified atom stereocenters. The predicted molar refractivity (Wildman–Crippen MR) is 184 cm³/mol. The van der Waals surface area contributed by atoms with Crippen molar-refractivity contribution >= 4 is 5.91 Å². The van der Waals surface area contributed by atoms with E-state index in [1.165, 1.54) is 5.56 Å². The molecule has 1 fully saturated rings. The topological polar surface area (TPSA) is 110 Å². The van der Waals surface area contributed by atoms with Gasteiger partial charge in [-0.2, -0.15) is 5.21 Å². The summed E-state index contributed by atoms with van der Waals surface area (Å²) in [6.07, 6.45) is 6.53. The number of likely N-dealkylation sites (tertiary alicyclic amines) is 1. The number of aromatic nitrogens is 6. The largest absolute Gasteiger partial charge is 0.343 e. The Morgan fingerprint density at radius 2 is 1.62 bits per heavy atom. The van der Waals surface area contributed by atoms with E-state index < -0.39 is 0 Å². The van der Waals surface area contributed by atoms with Crippen LogP contribution in [0.1, 0.15) is 67.2 Å². The Kier molecular flexibility index (Phi) is 10.3. The number of nitrogens with zero attached hydrogens (tertiary/aromatic N) is 6. The van der Waals surface area contributed by atoms with Gasteiger partial charge in [-0.15, -0.1) is 10.2 Å². The number of tetrazole rings is 1. The molecule has 0 saturated carbocycles. The Morgan fingerprint density at radius 3 is 2.32 bits per heavy atom. The molecule has 0 radical (unpaired) electrons. The van der Waals surface area contributed by atoms with E-state index in [0.29, 0.717) is 36.7 Å². The molecule has 0 spiro atoms. The number of aryl methyl sites for hydroxylation is 2. The fourth-order valence-corrected chi connectivity index (χ4v) is 6.63. The van der Waals surface area contributed by atoms with Gasteiger partial charge in [0.05, 0.1) is 6.54 Å². The van der Waals surface area contributed by atoms with Gasteiger partial charge in [-0.3, -0.25) is 14.2 Å². The predicted octanol–water partition coefficient (Wildman–Crippen LogP) is 6.20. The van der Waals surface area contributed by atoms with E-state index in [-0.39, 0.29) is 11.5 Å². The van der Waals surface area contributed by atoms with E-state index in [4.69, 9.17) is 4.98 Å². The molecule has 3 aromatic carbocycles. The normalized spacial score (nSPS) is 13.6. The molecular weight excluding hydrogens is 586 g/mol. The summed E-state index contributed by atoms with van der Waals surface area (Å²) < 4.78 is 1.82. The van der Waals surface area contributed by atoms with Gasteiger partial charge >= 0.3 is 0 Å². The van der Waals surface area contributed by atoms with Crippen molar-refractivity contribution in [2.45, 2.75) is 71.8 Å². The second kappa shape index (κ2) is 15.1. The smallest absolute Gasteiger partial charge is 0.257 e. The van der Waals surface area contributed by atoms with Crippen LogP contribution in [0.2, 0.25) is 0 Å². The molecule has 2 aromatic heterocycles. The van der Waals surface area contributed by atoms with Crippen molar-refractivity contribution in [1.29, 1.82) is 0 Å². The average Bonchev–Trinajstić information content (AvgIpc) is 3.65. The van der Waals surface area contributed by atoms with Gasteiger partial charge < -0.3 is 4.90 Å². The third-order valence-corrected chi connectivity index (χ3v) is 9.34. The molecular formula is C38H43N7O2. The summed E-state index contributed by atoms with van der Waals surface area (Å²) in [5, 5.41) is 14.6. The highest BCUT2D eigenvalue weighted by Crippen LogP contribution is 2.30. The Labute approximate surface area is 276 Å². The lowest BCUT2D eigenvalue weighted by atomic mass is 9.90. The Hall–Kier alpha value is -4.92. The molecule has 1 amide bonds. The lowest BCUT2D eigenvalue weighted by Crippen LogP contribution is -2.39. The maximum absolute atomic E-state index is 14.0. The summed E-state index contributed by atoms with van der Waals surface area (Å²) in [6, 6.07) is 26.8. The second-order valence-corrected chi connectivity index (χ2v) is 12.6. The second-order valence-electron chi connectivity index (χ2n) is 12.6. The van der Waals surface area contributed by atoms with Crippen LogP contribution >= 0.6 is 0 Å². The number of H-pyrrole nitrogens is 1. The van der Waals surface area contributed by atoms with Crippen molar-refractivity contribution < 1.29 is 4.79 Å². The van der Waals surface area contributed by atoms with Crippen molar-refractivity contribution in [3.05, 3.63) is 117 Å². The van der Waals surface area contributed by atoms with E-state index in [1.54, 1.807) is 0 Å². The van der Waals surface area contributed by atoms with Gasteiger partial charge in [0.2, 0.25) is 11.7 Å². The number of benzene rings is 3. The maximum Gasteiger partial charge on any atom is 0.257 e. The minimum atomic E-state index is -0.0375. The van der Waals surface area contributed by atoms with Crippen LogP contribution < -0.4 is 5.56 Å². The third kappa shape index (κ3) is 7.73. The molecule has 0 atom stereocenters. The number of hydrogen-bond donors (Lipinski definition) is 1. The highest BCUT2D eigenvalue weighted by Gasteiger charge is 2.24. The first-order chi connectivity index (χ1) is 23.0. The van der Waals surface area contributed by atoms with Crippen LogP contribution in [-0.2, 0) is 30.6 Å². The Morgan fingerprint density at radius 1 is 0.894 bits per heavy atom. The molecule has 1 saturated heterocycles. The Bertz CT molecular complexity index is 1820. The number of carbonyl (C=O) groups is 1. The number of hydrogen-bond acceptors (Lipinski definition) is 6. The number of carbonyl (C=O) groups excluding carboxylic acids is 1. The summed E-state index contributed by atoms with van der Waals surface area (Å²) in [7, 11) is 0. The summed E-state index contributed by atoms with van der Waals surface area (Å²) in [4.78, 5) is 34.2. The quantitative estimate of drug-likeness (QED) is 0.176. The van der Waals surface area contributed by atoms with Crippen molar-refractivity contribution in [3.63, 3.8) is 0 Å². The fraction of sp³-hybridized carbons (Fsp3) is 0.368. The molecule has 242 valence electrons.